The molecular formula is C10H15N3S2. The standard InChI is InChI=1S/C10H15N3S2/c1-7-6-15-10(12-7)13(8-2-3-8)5-4-9(11)14/h6,8H,2-5H2,1H3,(H2,11,14). The highest BCUT2D eigenvalue weighted by Crippen LogP contribution is 2.33. The average Bonchev–Trinajstić information content (AvgIpc) is 2.90. The summed E-state index contributed by atoms with van der Waals surface area (Å²) in [7, 11) is 0. The fraction of sp³-hybridized carbons (Fsp3) is 0.600. The molecule has 0 amide bonds. The van der Waals surface area contributed by atoms with E-state index in [0.717, 1.165) is 23.8 Å². The van der Waals surface area contributed by atoms with Gasteiger partial charge in [0.25, 0.3) is 0 Å². The van der Waals surface area contributed by atoms with Crippen molar-refractivity contribution in [2.24, 2.45) is 5.73 Å². The Morgan fingerprint density at radius 3 is 2.93 bits per heavy atom. The van der Waals surface area contributed by atoms with E-state index in [4.69, 9.17) is 18.0 Å². The van der Waals surface area contributed by atoms with E-state index in [-0.39, 0.29) is 0 Å². The van der Waals surface area contributed by atoms with E-state index in [1.165, 1.54) is 12.8 Å². The highest BCUT2D eigenvalue weighted by molar-refractivity contribution is 7.80. The van der Waals surface area contributed by atoms with Gasteiger partial charge in [-0.05, 0) is 19.8 Å². The van der Waals surface area contributed by atoms with E-state index in [1.807, 2.05) is 6.92 Å². The second-order valence-electron chi connectivity index (χ2n) is 3.91. The third kappa shape index (κ3) is 2.89. The minimum absolute atomic E-state index is 0.592. The van der Waals surface area contributed by atoms with Gasteiger partial charge in [-0.1, -0.05) is 12.2 Å². The van der Waals surface area contributed by atoms with Gasteiger partial charge in [-0.25, -0.2) is 4.98 Å². The molecule has 0 aliphatic heterocycles. The van der Waals surface area contributed by atoms with Crippen LogP contribution in [-0.4, -0.2) is 22.6 Å². The minimum atomic E-state index is 0.592. The number of anilines is 1. The molecule has 5 heteroatoms. The third-order valence-electron chi connectivity index (χ3n) is 2.44. The van der Waals surface area contributed by atoms with Crippen LogP contribution in [0.4, 0.5) is 5.13 Å². The Morgan fingerprint density at radius 2 is 2.47 bits per heavy atom. The van der Waals surface area contributed by atoms with Crippen molar-refractivity contribution in [3.05, 3.63) is 11.1 Å². The molecule has 0 unspecified atom stereocenters. The second-order valence-corrected chi connectivity index (χ2v) is 5.27. The molecule has 1 fully saturated rings. The maximum absolute atomic E-state index is 5.53. The molecule has 1 heterocycles. The number of nitrogens with zero attached hydrogens (tertiary/aromatic N) is 2. The number of rotatable bonds is 5. The first-order chi connectivity index (χ1) is 7.16. The van der Waals surface area contributed by atoms with Crippen molar-refractivity contribution >= 4 is 33.7 Å². The molecule has 1 aliphatic carbocycles. The summed E-state index contributed by atoms with van der Waals surface area (Å²) in [4.78, 5) is 7.45. The highest BCUT2D eigenvalue weighted by atomic mass is 32.1. The van der Waals surface area contributed by atoms with Crippen LogP contribution in [0.1, 0.15) is 25.0 Å². The molecule has 15 heavy (non-hydrogen) atoms. The van der Waals surface area contributed by atoms with Gasteiger partial charge in [0.1, 0.15) is 0 Å². The first kappa shape index (κ1) is 10.8. The lowest BCUT2D eigenvalue weighted by molar-refractivity contribution is 0.795. The molecule has 1 aliphatic rings. The molecule has 3 nitrogen and oxygen atoms in total. The Morgan fingerprint density at radius 1 is 1.73 bits per heavy atom. The molecular weight excluding hydrogens is 226 g/mol. The molecule has 0 atom stereocenters. The molecule has 2 rings (SSSR count). The Kier molecular flexibility index (Phi) is 3.21. The summed E-state index contributed by atoms with van der Waals surface area (Å²) in [5, 5.41) is 3.21. The molecule has 1 aromatic rings. The first-order valence-electron chi connectivity index (χ1n) is 5.14. The number of thiocarbonyl (C=S) groups is 1. The van der Waals surface area contributed by atoms with Gasteiger partial charge < -0.3 is 10.6 Å². The smallest absolute Gasteiger partial charge is 0.185 e. The van der Waals surface area contributed by atoms with E-state index in [2.05, 4.69) is 15.3 Å². The largest absolute Gasteiger partial charge is 0.393 e. The van der Waals surface area contributed by atoms with Crippen LogP contribution >= 0.6 is 23.6 Å². The first-order valence-corrected chi connectivity index (χ1v) is 6.42. The predicted molar refractivity (Wildman–Crippen MR) is 68.6 cm³/mol. The van der Waals surface area contributed by atoms with E-state index in [9.17, 15) is 0 Å². The minimum Gasteiger partial charge on any atom is -0.393 e. The van der Waals surface area contributed by atoms with Gasteiger partial charge in [-0.15, -0.1) is 11.3 Å². The summed E-state index contributed by atoms with van der Waals surface area (Å²) >= 11 is 6.62. The van der Waals surface area contributed by atoms with Crippen molar-refractivity contribution in [1.82, 2.24) is 4.98 Å². The molecule has 2 N–H and O–H groups in total. The third-order valence-corrected chi connectivity index (χ3v) is 3.64. The summed E-state index contributed by atoms with van der Waals surface area (Å²) in [6.07, 6.45) is 3.33. The fourth-order valence-electron chi connectivity index (χ4n) is 1.52. The average molecular weight is 241 g/mol. The quantitative estimate of drug-likeness (QED) is 0.802. The van der Waals surface area contributed by atoms with Gasteiger partial charge in [-0.3, -0.25) is 0 Å². The Bertz CT molecular complexity index is 357. The van der Waals surface area contributed by atoms with Crippen molar-refractivity contribution in [3.63, 3.8) is 0 Å². The van der Waals surface area contributed by atoms with Crippen molar-refractivity contribution < 1.29 is 0 Å². The zero-order chi connectivity index (χ0) is 10.8. The molecule has 0 aromatic carbocycles. The van der Waals surface area contributed by atoms with E-state index in [1.54, 1.807) is 11.3 Å². The molecule has 0 bridgehead atoms. The van der Waals surface area contributed by atoms with Crippen LogP contribution in [0.15, 0.2) is 5.38 Å². The maximum atomic E-state index is 5.53. The topological polar surface area (TPSA) is 42.1 Å². The number of thiazole rings is 1. The summed E-state index contributed by atoms with van der Waals surface area (Å²) in [6, 6.07) is 0.671. The van der Waals surface area contributed by atoms with Crippen LogP contribution in [0.25, 0.3) is 0 Å². The lowest BCUT2D eigenvalue weighted by Gasteiger charge is -2.20. The normalized spacial score (nSPS) is 15.3. The van der Waals surface area contributed by atoms with Crippen LogP contribution < -0.4 is 10.6 Å². The zero-order valence-electron chi connectivity index (χ0n) is 8.77. The number of aryl methyl sites for hydroxylation is 1. The van der Waals surface area contributed by atoms with Gasteiger partial charge in [0, 0.05) is 24.4 Å². The fourth-order valence-corrected chi connectivity index (χ4v) is 2.52. The summed E-state index contributed by atoms with van der Waals surface area (Å²) in [5.41, 5.74) is 6.63. The van der Waals surface area contributed by atoms with Crippen LogP contribution in [0.3, 0.4) is 0 Å². The number of aromatic nitrogens is 1. The van der Waals surface area contributed by atoms with Crippen molar-refractivity contribution in [2.75, 3.05) is 11.4 Å². The molecule has 0 spiro atoms. The number of nitrogens with two attached hydrogens (primary N) is 1. The second kappa shape index (κ2) is 4.45. The van der Waals surface area contributed by atoms with E-state index in [0.29, 0.717) is 11.0 Å². The molecule has 1 aromatic heterocycles. The van der Waals surface area contributed by atoms with Crippen LogP contribution in [0.5, 0.6) is 0 Å². The van der Waals surface area contributed by atoms with E-state index >= 15 is 0 Å². The van der Waals surface area contributed by atoms with Gasteiger partial charge in [0.15, 0.2) is 5.13 Å². The molecule has 82 valence electrons. The van der Waals surface area contributed by atoms with Gasteiger partial charge >= 0.3 is 0 Å². The Balaban J connectivity index is 2.02. The van der Waals surface area contributed by atoms with Gasteiger partial charge in [-0.2, -0.15) is 0 Å². The Labute approximate surface area is 99.3 Å². The maximum Gasteiger partial charge on any atom is 0.185 e. The highest BCUT2D eigenvalue weighted by Gasteiger charge is 2.30. The van der Waals surface area contributed by atoms with Crippen molar-refractivity contribution in [2.45, 2.75) is 32.2 Å². The van der Waals surface area contributed by atoms with Crippen LogP contribution in [0.2, 0.25) is 0 Å². The van der Waals surface area contributed by atoms with Crippen molar-refractivity contribution in [1.29, 1.82) is 0 Å². The number of hydrogen-bond donors (Lipinski definition) is 1. The van der Waals surface area contributed by atoms with Gasteiger partial charge in [0.05, 0.1) is 10.7 Å². The molecule has 1 saturated carbocycles. The SMILES string of the molecule is Cc1csc(N(CCC(N)=S)C2CC2)n1. The van der Waals surface area contributed by atoms with Crippen LogP contribution in [0, 0.1) is 6.92 Å². The van der Waals surface area contributed by atoms with Gasteiger partial charge in [0.2, 0.25) is 0 Å². The predicted octanol–water partition coefficient (Wildman–Crippen LogP) is 2.10. The summed E-state index contributed by atoms with van der Waals surface area (Å²) in [6.45, 7) is 2.94. The molecule has 0 saturated heterocycles. The molecule has 0 radical (unpaired) electrons. The Hall–Kier alpha value is -0.680. The zero-order valence-corrected chi connectivity index (χ0v) is 10.4. The lowest BCUT2D eigenvalue weighted by Crippen LogP contribution is -2.29. The van der Waals surface area contributed by atoms with Crippen LogP contribution in [-0.2, 0) is 0 Å². The summed E-state index contributed by atoms with van der Waals surface area (Å²) < 4.78 is 0. The van der Waals surface area contributed by atoms with Crippen molar-refractivity contribution in [3.8, 4) is 0 Å². The lowest BCUT2D eigenvalue weighted by atomic mass is 10.4. The summed E-state index contributed by atoms with van der Waals surface area (Å²) in [5.74, 6) is 0. The van der Waals surface area contributed by atoms with E-state index < -0.39 is 0 Å². The monoisotopic (exact) mass is 241 g/mol. The number of hydrogen-bond acceptors (Lipinski definition) is 4.